The Bertz CT molecular complexity index is 1360. The van der Waals surface area contributed by atoms with Crippen molar-refractivity contribution in [3.63, 3.8) is 0 Å². The molecule has 3 aromatic rings. The molecule has 0 bridgehead atoms. The number of carbonyl (C=O) groups excluding carboxylic acids is 3. The van der Waals surface area contributed by atoms with Gasteiger partial charge in [0.05, 0.1) is 22.3 Å². The van der Waals surface area contributed by atoms with Gasteiger partial charge in [0.1, 0.15) is 5.75 Å². The van der Waals surface area contributed by atoms with Crippen molar-refractivity contribution < 1.29 is 38.9 Å². The molecule has 3 aromatic carbocycles. The van der Waals surface area contributed by atoms with Gasteiger partial charge in [-0.25, -0.2) is 9.59 Å². The first-order valence-electron chi connectivity index (χ1n) is 10.1. The van der Waals surface area contributed by atoms with Crippen LogP contribution in [0.1, 0.15) is 48.4 Å². The Morgan fingerprint density at radius 3 is 2.00 bits per heavy atom. The van der Waals surface area contributed by atoms with Crippen molar-refractivity contribution in [2.45, 2.75) is 6.92 Å². The second kappa shape index (κ2) is 10.3. The van der Waals surface area contributed by atoms with Gasteiger partial charge in [0.15, 0.2) is 5.78 Å². The third-order valence-corrected chi connectivity index (χ3v) is 5.09. The average Bonchev–Trinajstić information content (AvgIpc) is 2.83. The number of hydrogen-bond donors (Lipinski definition) is 4. The lowest BCUT2D eigenvalue weighted by atomic mass is 9.96. The molecule has 0 saturated heterocycles. The smallest absolute Gasteiger partial charge is 0.336 e. The monoisotopic (exact) mass is 476 g/mol. The number of aromatic carboxylic acids is 2. The number of nitrogens with one attached hydrogen (secondary N) is 2. The average molecular weight is 476 g/mol. The number of amides is 1. The van der Waals surface area contributed by atoms with E-state index in [1.807, 2.05) is 0 Å². The van der Waals surface area contributed by atoms with Crippen molar-refractivity contribution in [3.05, 3.63) is 76.9 Å². The molecule has 0 aromatic heterocycles. The number of rotatable bonds is 9. The van der Waals surface area contributed by atoms with Crippen LogP contribution in [0.2, 0.25) is 0 Å². The maximum absolute atomic E-state index is 13.1. The maximum Gasteiger partial charge on any atom is 0.336 e. The summed E-state index contributed by atoms with van der Waals surface area (Å²) in [6.45, 7) is 1.50. The minimum absolute atomic E-state index is 0.0648. The van der Waals surface area contributed by atoms with Gasteiger partial charge in [0.25, 0.3) is 12.4 Å². The predicted octanol–water partition coefficient (Wildman–Crippen LogP) is 3.78. The minimum Gasteiger partial charge on any atom is -0.478 e. The number of ether oxygens (including phenoxy) is 1. The van der Waals surface area contributed by atoms with Crippen LogP contribution in [0.25, 0.3) is 11.1 Å². The first-order chi connectivity index (χ1) is 16.6. The number of carboxylic acids is 2. The van der Waals surface area contributed by atoms with E-state index in [9.17, 15) is 34.2 Å². The molecular formula is C25H20N2O8. The number of anilines is 2. The lowest BCUT2D eigenvalue weighted by molar-refractivity contribution is -0.120. The third kappa shape index (κ3) is 5.50. The first-order valence-corrected chi connectivity index (χ1v) is 10.1. The van der Waals surface area contributed by atoms with Crippen LogP contribution in [0.3, 0.4) is 0 Å². The van der Waals surface area contributed by atoms with E-state index < -0.39 is 17.8 Å². The van der Waals surface area contributed by atoms with E-state index in [-0.39, 0.29) is 45.9 Å². The second-order valence-corrected chi connectivity index (χ2v) is 7.36. The van der Waals surface area contributed by atoms with E-state index in [0.717, 1.165) is 0 Å². The summed E-state index contributed by atoms with van der Waals surface area (Å²) in [5.74, 6) is -3.61. The Kier molecular flexibility index (Phi) is 7.25. The molecule has 0 aliphatic rings. The molecule has 35 heavy (non-hydrogen) atoms. The number of ketones is 1. The molecule has 1 amide bonds. The summed E-state index contributed by atoms with van der Waals surface area (Å²) in [6, 6.07) is 12.6. The van der Waals surface area contributed by atoms with Crippen LogP contribution in [-0.4, -0.2) is 47.4 Å². The molecule has 0 spiro atoms. The highest BCUT2D eigenvalue weighted by atomic mass is 16.5. The van der Waals surface area contributed by atoms with Gasteiger partial charge >= 0.3 is 11.9 Å². The molecule has 0 radical (unpaired) electrons. The van der Waals surface area contributed by atoms with Crippen molar-refractivity contribution in [1.29, 1.82) is 0 Å². The van der Waals surface area contributed by atoms with Gasteiger partial charge in [0, 0.05) is 18.4 Å². The molecule has 4 N–H and O–H groups in total. The van der Waals surface area contributed by atoms with Gasteiger partial charge < -0.3 is 25.6 Å². The number of benzene rings is 3. The molecule has 3 rings (SSSR count). The molecule has 0 fully saturated rings. The Morgan fingerprint density at radius 1 is 0.800 bits per heavy atom. The number of Topliss-reactive ketones (excluding diaryl/α,β-unsaturated/α-hetero) is 1. The Balaban J connectivity index is 2.06. The van der Waals surface area contributed by atoms with E-state index in [0.29, 0.717) is 16.8 Å². The van der Waals surface area contributed by atoms with Crippen LogP contribution >= 0.6 is 0 Å². The van der Waals surface area contributed by atoms with Crippen molar-refractivity contribution in [2.24, 2.45) is 0 Å². The van der Waals surface area contributed by atoms with Gasteiger partial charge in [-0.05, 0) is 60.5 Å². The predicted molar refractivity (Wildman–Crippen MR) is 126 cm³/mol. The van der Waals surface area contributed by atoms with Gasteiger partial charge in [-0.15, -0.1) is 0 Å². The second-order valence-electron chi connectivity index (χ2n) is 7.36. The standard InChI is InChI=1S/C25H20N2O8/c1-13(29)20-9-15(4-6-22(20)35-12-28)14-3-5-19(25(33)34)21(10-14)23(30)27-18-8-16(24(31)32)7-17(11-18)26-2/h3-12,26H,1-2H3,(H,27,30)(H,31,32)(H,33,34). The lowest BCUT2D eigenvalue weighted by Gasteiger charge is -2.13. The summed E-state index contributed by atoms with van der Waals surface area (Å²) in [7, 11) is 1.58. The van der Waals surface area contributed by atoms with Crippen molar-refractivity contribution in [2.75, 3.05) is 17.7 Å². The number of hydrogen-bond acceptors (Lipinski definition) is 7. The highest BCUT2D eigenvalue weighted by Gasteiger charge is 2.20. The van der Waals surface area contributed by atoms with Gasteiger partial charge in [0.2, 0.25) is 0 Å². The molecule has 10 heteroatoms. The number of carbonyl (C=O) groups is 5. The van der Waals surface area contributed by atoms with E-state index in [1.165, 1.54) is 55.5 Å². The maximum atomic E-state index is 13.1. The molecule has 0 heterocycles. The molecular weight excluding hydrogens is 456 g/mol. The quantitative estimate of drug-likeness (QED) is 0.266. The largest absolute Gasteiger partial charge is 0.478 e. The van der Waals surface area contributed by atoms with Crippen molar-refractivity contribution in [1.82, 2.24) is 0 Å². The van der Waals surface area contributed by atoms with Crippen LogP contribution in [0.15, 0.2) is 54.6 Å². The van der Waals surface area contributed by atoms with Gasteiger partial charge in [-0.3, -0.25) is 14.4 Å². The Morgan fingerprint density at radius 2 is 1.43 bits per heavy atom. The molecule has 10 nitrogen and oxygen atoms in total. The fourth-order valence-corrected chi connectivity index (χ4v) is 3.40. The molecule has 0 atom stereocenters. The summed E-state index contributed by atoms with van der Waals surface area (Å²) in [4.78, 5) is 58.9. The fraction of sp³-hybridized carbons (Fsp3) is 0.0800. The van der Waals surface area contributed by atoms with Crippen LogP contribution < -0.4 is 15.4 Å². The molecule has 0 saturated carbocycles. The zero-order chi connectivity index (χ0) is 25.7. The topological polar surface area (TPSA) is 159 Å². The summed E-state index contributed by atoms with van der Waals surface area (Å²) >= 11 is 0. The van der Waals surface area contributed by atoms with Gasteiger partial charge in [-0.1, -0.05) is 12.1 Å². The number of carboxylic acid groups (broad SMARTS) is 2. The highest BCUT2D eigenvalue weighted by molar-refractivity contribution is 6.12. The van der Waals surface area contributed by atoms with Crippen molar-refractivity contribution >= 4 is 41.5 Å². The fourth-order valence-electron chi connectivity index (χ4n) is 3.40. The lowest BCUT2D eigenvalue weighted by Crippen LogP contribution is -2.17. The van der Waals surface area contributed by atoms with Crippen LogP contribution in [0, 0.1) is 0 Å². The molecule has 0 aliphatic heterocycles. The van der Waals surface area contributed by atoms with Crippen LogP contribution in [0.4, 0.5) is 11.4 Å². The van der Waals surface area contributed by atoms with Gasteiger partial charge in [-0.2, -0.15) is 0 Å². The zero-order valence-corrected chi connectivity index (χ0v) is 18.6. The zero-order valence-electron chi connectivity index (χ0n) is 18.6. The normalized spacial score (nSPS) is 10.2. The van der Waals surface area contributed by atoms with E-state index in [4.69, 9.17) is 4.74 Å². The molecule has 178 valence electrons. The minimum atomic E-state index is -1.34. The van der Waals surface area contributed by atoms with Crippen LogP contribution in [0.5, 0.6) is 5.75 Å². The summed E-state index contributed by atoms with van der Waals surface area (Å²) in [5, 5.41) is 24.2. The Hall–Kier alpha value is -4.99. The summed E-state index contributed by atoms with van der Waals surface area (Å²) in [6.07, 6.45) is 0. The Labute approximate surface area is 199 Å². The highest BCUT2D eigenvalue weighted by Crippen LogP contribution is 2.29. The third-order valence-electron chi connectivity index (χ3n) is 5.09. The molecule has 0 aliphatic carbocycles. The summed E-state index contributed by atoms with van der Waals surface area (Å²) < 4.78 is 4.82. The van der Waals surface area contributed by atoms with Crippen molar-refractivity contribution in [3.8, 4) is 16.9 Å². The van der Waals surface area contributed by atoms with E-state index in [1.54, 1.807) is 13.1 Å². The SMILES string of the molecule is CNc1cc(NC(=O)c2cc(-c3ccc(OC=O)c(C(C)=O)c3)ccc2C(=O)O)cc(C(=O)O)c1. The van der Waals surface area contributed by atoms with Crippen LogP contribution in [-0.2, 0) is 4.79 Å². The summed E-state index contributed by atoms with van der Waals surface area (Å²) in [5.41, 5.74) is 1.08. The van der Waals surface area contributed by atoms with E-state index >= 15 is 0 Å². The molecule has 0 unspecified atom stereocenters. The first kappa shape index (κ1) is 24.6. The van der Waals surface area contributed by atoms with E-state index in [2.05, 4.69) is 10.6 Å².